The van der Waals surface area contributed by atoms with Gasteiger partial charge in [0.15, 0.2) is 5.82 Å². The zero-order valence-electron chi connectivity index (χ0n) is 21.6. The van der Waals surface area contributed by atoms with Gasteiger partial charge < -0.3 is 10.2 Å². The number of anilines is 1. The molecule has 0 radical (unpaired) electrons. The lowest BCUT2D eigenvalue weighted by Crippen LogP contribution is -2.59. The highest BCUT2D eigenvalue weighted by atomic mass is 35.5. The van der Waals surface area contributed by atoms with Crippen LogP contribution in [0.3, 0.4) is 0 Å². The number of carbonyl (C=O) groups is 1. The third-order valence-corrected chi connectivity index (χ3v) is 7.22. The number of fused-ring (bicyclic) bond motifs is 1. The molecule has 2 atom stereocenters. The Morgan fingerprint density at radius 1 is 1.18 bits per heavy atom. The standard InChI is InChI=1S/C27H31F3N6O.ClH/c1-18-13-34(22(12-31-18)15-35-14-21(28)11-33-35)16-24(37)36-17-26(2,3)25-23(36)9-20(10-32-25)27(29,30)19-7-5-4-6-8-19;/h4-11,14,18,22,31H,12-13,15-17H2,1-3H3;1H/t18-,22-;/m1./s1. The van der Waals surface area contributed by atoms with Crippen LogP contribution in [0.4, 0.5) is 18.9 Å². The fourth-order valence-corrected chi connectivity index (χ4v) is 5.26. The van der Waals surface area contributed by atoms with Crippen molar-refractivity contribution in [2.75, 3.05) is 31.1 Å². The van der Waals surface area contributed by atoms with Crippen LogP contribution in [0, 0.1) is 5.82 Å². The number of hydrogen-bond donors (Lipinski definition) is 1. The molecule has 204 valence electrons. The molecule has 0 bridgehead atoms. The van der Waals surface area contributed by atoms with E-state index in [0.29, 0.717) is 37.6 Å². The lowest BCUT2D eigenvalue weighted by Gasteiger charge is -2.39. The predicted octanol–water partition coefficient (Wildman–Crippen LogP) is 3.97. The largest absolute Gasteiger partial charge is 0.311 e. The maximum absolute atomic E-state index is 15.4. The van der Waals surface area contributed by atoms with Crippen LogP contribution in [0.25, 0.3) is 0 Å². The van der Waals surface area contributed by atoms with Crippen LogP contribution in [-0.2, 0) is 22.7 Å². The predicted molar refractivity (Wildman–Crippen MR) is 141 cm³/mol. The number of halogens is 4. The summed E-state index contributed by atoms with van der Waals surface area (Å²) < 4.78 is 45.7. The maximum atomic E-state index is 15.4. The SMILES string of the molecule is C[C@@H]1CN(CC(=O)N2CC(C)(C)c3ncc(C(F)(F)c4ccccc4)cc32)[C@@H](Cn2cc(F)cn2)CN1.Cl. The maximum Gasteiger partial charge on any atom is 0.300 e. The number of nitrogens with one attached hydrogen (secondary N) is 1. The average Bonchev–Trinajstić information content (AvgIpc) is 3.40. The third kappa shape index (κ3) is 5.43. The lowest BCUT2D eigenvalue weighted by atomic mass is 9.90. The number of aromatic nitrogens is 3. The van der Waals surface area contributed by atoms with Gasteiger partial charge in [0, 0.05) is 54.5 Å². The number of piperazine rings is 1. The van der Waals surface area contributed by atoms with Crippen LogP contribution in [0.1, 0.15) is 37.6 Å². The highest BCUT2D eigenvalue weighted by Crippen LogP contribution is 2.43. The number of alkyl halides is 2. The summed E-state index contributed by atoms with van der Waals surface area (Å²) in [5, 5.41) is 7.44. The van der Waals surface area contributed by atoms with Gasteiger partial charge in [-0.15, -0.1) is 12.4 Å². The van der Waals surface area contributed by atoms with Crippen molar-refractivity contribution in [3.63, 3.8) is 0 Å². The molecule has 1 aromatic carbocycles. The van der Waals surface area contributed by atoms with Crippen LogP contribution in [0.15, 0.2) is 55.0 Å². The first-order chi connectivity index (χ1) is 17.5. The Kier molecular flexibility index (Phi) is 7.88. The van der Waals surface area contributed by atoms with E-state index < -0.39 is 17.2 Å². The van der Waals surface area contributed by atoms with Crippen molar-refractivity contribution >= 4 is 24.0 Å². The first-order valence-corrected chi connectivity index (χ1v) is 12.4. The van der Waals surface area contributed by atoms with Gasteiger partial charge in [-0.1, -0.05) is 44.2 Å². The number of benzene rings is 1. The molecule has 38 heavy (non-hydrogen) atoms. The van der Waals surface area contributed by atoms with E-state index in [1.807, 2.05) is 20.8 Å². The smallest absolute Gasteiger partial charge is 0.300 e. The number of amides is 1. The third-order valence-electron chi connectivity index (χ3n) is 7.22. The molecule has 0 saturated carbocycles. The minimum Gasteiger partial charge on any atom is -0.311 e. The molecule has 2 aromatic heterocycles. The molecule has 0 aliphatic carbocycles. The number of pyridine rings is 1. The van der Waals surface area contributed by atoms with Crippen molar-refractivity contribution in [2.45, 2.75) is 50.7 Å². The van der Waals surface area contributed by atoms with Crippen LogP contribution >= 0.6 is 12.4 Å². The van der Waals surface area contributed by atoms with E-state index >= 15 is 8.78 Å². The molecule has 2 aliphatic rings. The molecular weight excluding hydrogens is 517 g/mol. The van der Waals surface area contributed by atoms with Gasteiger partial charge in [-0.05, 0) is 13.0 Å². The zero-order chi connectivity index (χ0) is 26.4. The van der Waals surface area contributed by atoms with Gasteiger partial charge in [0.05, 0.1) is 36.9 Å². The van der Waals surface area contributed by atoms with Gasteiger partial charge >= 0.3 is 0 Å². The molecular formula is C27H32ClF3N6O. The lowest BCUT2D eigenvalue weighted by molar-refractivity contribution is -0.120. The first kappa shape index (κ1) is 28.1. The van der Waals surface area contributed by atoms with E-state index in [-0.39, 0.29) is 48.1 Å². The molecule has 5 rings (SSSR count). The van der Waals surface area contributed by atoms with Gasteiger partial charge in [-0.2, -0.15) is 13.9 Å². The van der Waals surface area contributed by atoms with E-state index in [1.54, 1.807) is 23.1 Å². The van der Waals surface area contributed by atoms with E-state index in [2.05, 4.69) is 20.3 Å². The Hall–Kier alpha value is -2.95. The van der Waals surface area contributed by atoms with Crippen LogP contribution in [0.5, 0.6) is 0 Å². The zero-order valence-corrected chi connectivity index (χ0v) is 22.4. The van der Waals surface area contributed by atoms with Gasteiger partial charge in [0.25, 0.3) is 5.92 Å². The molecule has 11 heteroatoms. The first-order valence-electron chi connectivity index (χ1n) is 12.4. The molecule has 1 saturated heterocycles. The second kappa shape index (κ2) is 10.7. The molecule has 4 heterocycles. The van der Waals surface area contributed by atoms with Crippen LogP contribution in [0.2, 0.25) is 0 Å². The molecule has 1 N–H and O–H groups in total. The van der Waals surface area contributed by atoms with Crippen molar-refractivity contribution < 1.29 is 18.0 Å². The molecule has 1 amide bonds. The van der Waals surface area contributed by atoms with Gasteiger partial charge in [-0.3, -0.25) is 19.4 Å². The Morgan fingerprint density at radius 2 is 1.92 bits per heavy atom. The number of nitrogens with zero attached hydrogens (tertiary/aromatic N) is 5. The highest BCUT2D eigenvalue weighted by Gasteiger charge is 2.43. The second-order valence-electron chi connectivity index (χ2n) is 10.7. The normalized spacial score (nSPS) is 21.2. The summed E-state index contributed by atoms with van der Waals surface area (Å²) in [6.07, 6.45) is 3.71. The van der Waals surface area contributed by atoms with Crippen LogP contribution < -0.4 is 10.2 Å². The Labute approximate surface area is 226 Å². The average molecular weight is 549 g/mol. The molecule has 0 spiro atoms. The monoisotopic (exact) mass is 548 g/mol. The van der Waals surface area contributed by atoms with Gasteiger partial charge in [0.2, 0.25) is 5.91 Å². The Balaban J connectivity index is 0.00000336. The summed E-state index contributed by atoms with van der Waals surface area (Å²) in [5.41, 5.74) is 0.207. The van der Waals surface area contributed by atoms with Crippen molar-refractivity contribution in [2.24, 2.45) is 0 Å². The molecule has 0 unspecified atom stereocenters. The molecule has 2 aliphatic heterocycles. The molecule has 1 fully saturated rings. The van der Waals surface area contributed by atoms with Crippen LogP contribution in [-0.4, -0.2) is 63.8 Å². The highest BCUT2D eigenvalue weighted by molar-refractivity contribution is 5.97. The summed E-state index contributed by atoms with van der Waals surface area (Å²) >= 11 is 0. The summed E-state index contributed by atoms with van der Waals surface area (Å²) in [5.74, 6) is -3.84. The summed E-state index contributed by atoms with van der Waals surface area (Å²) in [7, 11) is 0. The van der Waals surface area contributed by atoms with Crippen molar-refractivity contribution in [1.82, 2.24) is 25.0 Å². The topological polar surface area (TPSA) is 66.3 Å². The summed E-state index contributed by atoms with van der Waals surface area (Å²) in [6, 6.07) is 9.11. The number of rotatable bonds is 6. The number of carbonyl (C=O) groups excluding carboxylic acids is 1. The quantitative estimate of drug-likeness (QED) is 0.505. The van der Waals surface area contributed by atoms with E-state index in [0.717, 1.165) is 6.20 Å². The van der Waals surface area contributed by atoms with Crippen molar-refractivity contribution in [1.29, 1.82) is 0 Å². The number of hydrogen-bond acceptors (Lipinski definition) is 5. The van der Waals surface area contributed by atoms with E-state index in [1.165, 1.54) is 35.3 Å². The molecule has 3 aromatic rings. The van der Waals surface area contributed by atoms with Gasteiger partial charge in [0.1, 0.15) is 0 Å². The molecule has 7 nitrogen and oxygen atoms in total. The Morgan fingerprint density at radius 3 is 2.61 bits per heavy atom. The second-order valence-corrected chi connectivity index (χ2v) is 10.7. The van der Waals surface area contributed by atoms with Crippen molar-refractivity contribution in [3.05, 3.63) is 77.6 Å². The summed E-state index contributed by atoms with van der Waals surface area (Å²) in [6.45, 7) is 8.08. The van der Waals surface area contributed by atoms with E-state index in [9.17, 15) is 9.18 Å². The summed E-state index contributed by atoms with van der Waals surface area (Å²) in [4.78, 5) is 21.7. The fraction of sp³-hybridized carbons (Fsp3) is 0.444. The Bertz CT molecular complexity index is 1280. The van der Waals surface area contributed by atoms with Gasteiger partial charge in [-0.25, -0.2) is 4.39 Å². The minimum absolute atomic E-state index is 0. The fourth-order valence-electron chi connectivity index (χ4n) is 5.26. The van der Waals surface area contributed by atoms with Crippen molar-refractivity contribution in [3.8, 4) is 0 Å². The van der Waals surface area contributed by atoms with E-state index in [4.69, 9.17) is 0 Å². The minimum atomic E-state index is -3.25.